The number of ether oxygens (including phenoxy) is 1. The largest absolute Gasteiger partial charge is 0.483 e. The van der Waals surface area contributed by atoms with Gasteiger partial charge in [-0.05, 0) is 37.8 Å². The Kier molecular flexibility index (Phi) is 2.48. The van der Waals surface area contributed by atoms with Gasteiger partial charge in [0.25, 0.3) is 0 Å². The predicted octanol–water partition coefficient (Wildman–Crippen LogP) is 2.36. The highest BCUT2D eigenvalue weighted by Crippen LogP contribution is 2.21. The molecule has 0 N–H and O–H groups in total. The molecule has 13 heavy (non-hydrogen) atoms. The number of carbonyl (C=O) groups excluding carboxylic acids is 1. The first-order chi connectivity index (χ1) is 6.36. The molecule has 0 amide bonds. The number of Topliss-reactive ketones (excluding diaryl/α,β-unsaturated/α-hetero) is 1. The lowest BCUT2D eigenvalue weighted by Gasteiger charge is -2.16. The van der Waals surface area contributed by atoms with Crippen LogP contribution in [0.2, 0.25) is 0 Å². The molecule has 0 fully saturated rings. The highest BCUT2D eigenvalue weighted by molar-refractivity contribution is 5.94. The summed E-state index contributed by atoms with van der Waals surface area (Å²) in [6, 6.07) is 0. The van der Waals surface area contributed by atoms with Gasteiger partial charge in [-0.15, -0.1) is 0 Å². The summed E-state index contributed by atoms with van der Waals surface area (Å²) in [5, 5.41) is 0. The Labute approximate surface area is 78.3 Å². The van der Waals surface area contributed by atoms with Gasteiger partial charge in [0.05, 0.1) is 0 Å². The Morgan fingerprint density at radius 2 is 2.31 bits per heavy atom. The maximum atomic E-state index is 11.4. The van der Waals surface area contributed by atoms with Crippen LogP contribution in [0, 0.1) is 0 Å². The Hall–Kier alpha value is -1.05. The zero-order valence-corrected chi connectivity index (χ0v) is 7.66. The zero-order valence-electron chi connectivity index (χ0n) is 7.66. The van der Waals surface area contributed by atoms with Gasteiger partial charge in [-0.3, -0.25) is 4.79 Å². The minimum Gasteiger partial charge on any atom is -0.483 e. The van der Waals surface area contributed by atoms with Crippen molar-refractivity contribution in [2.45, 2.75) is 38.2 Å². The molecule has 0 saturated carbocycles. The van der Waals surface area contributed by atoms with E-state index in [1.54, 1.807) is 0 Å². The van der Waals surface area contributed by atoms with Crippen molar-refractivity contribution in [1.29, 1.82) is 0 Å². The Morgan fingerprint density at radius 3 is 3.00 bits per heavy atom. The van der Waals surface area contributed by atoms with E-state index < -0.39 is 0 Å². The van der Waals surface area contributed by atoms with E-state index in [1.165, 1.54) is 0 Å². The Morgan fingerprint density at radius 1 is 1.38 bits per heavy atom. The molecule has 0 saturated heterocycles. The van der Waals surface area contributed by atoms with Crippen molar-refractivity contribution in [1.82, 2.24) is 0 Å². The SMILES string of the molecule is O=C1CCCC=C1O[C@H]1C=CCC1. The summed E-state index contributed by atoms with van der Waals surface area (Å²) in [7, 11) is 0. The first kappa shape index (κ1) is 8.54. The van der Waals surface area contributed by atoms with Gasteiger partial charge in [0.1, 0.15) is 6.10 Å². The first-order valence-electron chi connectivity index (χ1n) is 4.93. The lowest BCUT2D eigenvalue weighted by atomic mass is 10.1. The van der Waals surface area contributed by atoms with Crippen LogP contribution in [0.25, 0.3) is 0 Å². The Bertz CT molecular complexity index is 263. The standard InChI is InChI=1S/C11H14O2/c12-10-7-3-4-8-11(10)13-9-5-1-2-6-9/h1,5,8-9H,2-4,6-7H2/t9-/m0/s1. The van der Waals surface area contributed by atoms with Gasteiger partial charge in [0.15, 0.2) is 11.5 Å². The smallest absolute Gasteiger partial charge is 0.197 e. The molecule has 0 radical (unpaired) electrons. The number of rotatable bonds is 2. The molecule has 70 valence electrons. The molecule has 1 atom stereocenters. The van der Waals surface area contributed by atoms with Crippen LogP contribution in [0.3, 0.4) is 0 Å². The van der Waals surface area contributed by atoms with E-state index in [0.717, 1.165) is 25.7 Å². The van der Waals surface area contributed by atoms with Crippen LogP contribution in [0.5, 0.6) is 0 Å². The predicted molar refractivity (Wildman–Crippen MR) is 50.2 cm³/mol. The lowest BCUT2D eigenvalue weighted by Crippen LogP contribution is -2.15. The molecule has 2 nitrogen and oxygen atoms in total. The van der Waals surface area contributed by atoms with E-state index in [2.05, 4.69) is 6.08 Å². The fourth-order valence-electron chi connectivity index (χ4n) is 1.71. The molecule has 0 bridgehead atoms. The summed E-state index contributed by atoms with van der Waals surface area (Å²) in [6.45, 7) is 0. The second-order valence-corrected chi connectivity index (χ2v) is 3.55. The van der Waals surface area contributed by atoms with Gasteiger partial charge >= 0.3 is 0 Å². The van der Waals surface area contributed by atoms with E-state index >= 15 is 0 Å². The maximum Gasteiger partial charge on any atom is 0.197 e. The van der Waals surface area contributed by atoms with Gasteiger partial charge in [0.2, 0.25) is 0 Å². The summed E-state index contributed by atoms with van der Waals surface area (Å²) in [6.07, 6.45) is 10.9. The normalized spacial score (nSPS) is 27.5. The molecular weight excluding hydrogens is 164 g/mol. The van der Waals surface area contributed by atoms with Crippen molar-refractivity contribution < 1.29 is 9.53 Å². The van der Waals surface area contributed by atoms with Crippen molar-refractivity contribution in [2.24, 2.45) is 0 Å². The van der Waals surface area contributed by atoms with Gasteiger partial charge in [-0.2, -0.15) is 0 Å². The van der Waals surface area contributed by atoms with E-state index in [1.807, 2.05) is 12.2 Å². The number of hydrogen-bond donors (Lipinski definition) is 0. The van der Waals surface area contributed by atoms with E-state index in [9.17, 15) is 4.79 Å². The summed E-state index contributed by atoms with van der Waals surface area (Å²) in [5.41, 5.74) is 0. The molecule has 0 aromatic heterocycles. The quantitative estimate of drug-likeness (QED) is 0.607. The summed E-state index contributed by atoms with van der Waals surface area (Å²) >= 11 is 0. The molecule has 2 heteroatoms. The van der Waals surface area contributed by atoms with Crippen LogP contribution in [0.1, 0.15) is 32.1 Å². The van der Waals surface area contributed by atoms with Crippen LogP contribution in [0.15, 0.2) is 24.0 Å². The highest BCUT2D eigenvalue weighted by Gasteiger charge is 2.19. The van der Waals surface area contributed by atoms with Crippen LogP contribution in [-0.2, 0) is 9.53 Å². The summed E-state index contributed by atoms with van der Waals surface area (Å²) in [4.78, 5) is 11.4. The van der Waals surface area contributed by atoms with Crippen molar-refractivity contribution in [3.8, 4) is 0 Å². The van der Waals surface area contributed by atoms with Crippen LogP contribution in [0.4, 0.5) is 0 Å². The Balaban J connectivity index is 1.96. The topological polar surface area (TPSA) is 26.3 Å². The molecule has 2 aliphatic carbocycles. The van der Waals surface area contributed by atoms with Gasteiger partial charge in [-0.25, -0.2) is 0 Å². The summed E-state index contributed by atoms with van der Waals surface area (Å²) < 4.78 is 5.59. The van der Waals surface area contributed by atoms with Crippen LogP contribution in [-0.4, -0.2) is 11.9 Å². The number of allylic oxidation sites excluding steroid dienone is 3. The minimum atomic E-state index is 0.147. The fourth-order valence-corrected chi connectivity index (χ4v) is 1.71. The average Bonchev–Trinajstić information content (AvgIpc) is 2.61. The third-order valence-corrected chi connectivity index (χ3v) is 2.46. The molecule has 0 spiro atoms. The third kappa shape index (κ3) is 2.00. The molecule has 0 aliphatic heterocycles. The molecule has 2 rings (SSSR count). The molecular formula is C11H14O2. The number of hydrogen-bond acceptors (Lipinski definition) is 2. The van der Waals surface area contributed by atoms with E-state index in [-0.39, 0.29) is 11.9 Å². The number of ketones is 1. The second-order valence-electron chi connectivity index (χ2n) is 3.55. The van der Waals surface area contributed by atoms with Gasteiger partial charge < -0.3 is 4.74 Å². The zero-order chi connectivity index (χ0) is 9.10. The van der Waals surface area contributed by atoms with E-state index in [0.29, 0.717) is 12.2 Å². The van der Waals surface area contributed by atoms with Gasteiger partial charge in [0, 0.05) is 6.42 Å². The van der Waals surface area contributed by atoms with Crippen molar-refractivity contribution in [3.63, 3.8) is 0 Å². The van der Waals surface area contributed by atoms with Crippen molar-refractivity contribution >= 4 is 5.78 Å². The monoisotopic (exact) mass is 178 g/mol. The molecule has 2 aliphatic rings. The highest BCUT2D eigenvalue weighted by atomic mass is 16.5. The van der Waals surface area contributed by atoms with Crippen LogP contribution < -0.4 is 0 Å². The van der Waals surface area contributed by atoms with Crippen molar-refractivity contribution in [2.75, 3.05) is 0 Å². The third-order valence-electron chi connectivity index (χ3n) is 2.46. The van der Waals surface area contributed by atoms with Crippen LogP contribution >= 0.6 is 0 Å². The molecule has 0 aromatic carbocycles. The molecule has 0 heterocycles. The molecule has 0 unspecified atom stereocenters. The molecule has 0 aromatic rings. The van der Waals surface area contributed by atoms with E-state index in [4.69, 9.17) is 4.74 Å². The second kappa shape index (κ2) is 3.77. The maximum absolute atomic E-state index is 11.4. The summed E-state index contributed by atoms with van der Waals surface area (Å²) in [5.74, 6) is 0.773. The first-order valence-corrected chi connectivity index (χ1v) is 4.93. The van der Waals surface area contributed by atoms with Crippen molar-refractivity contribution in [3.05, 3.63) is 24.0 Å². The fraction of sp³-hybridized carbons (Fsp3) is 0.545. The average molecular weight is 178 g/mol. The minimum absolute atomic E-state index is 0.147. The number of carbonyl (C=O) groups is 1. The van der Waals surface area contributed by atoms with Gasteiger partial charge in [-0.1, -0.05) is 6.08 Å². The lowest BCUT2D eigenvalue weighted by molar-refractivity contribution is -0.120.